The van der Waals surface area contributed by atoms with Crippen LogP contribution in [0.1, 0.15) is 22.1 Å². The molecule has 11 heteroatoms. The van der Waals surface area contributed by atoms with Gasteiger partial charge in [-0.1, -0.05) is 60.3 Å². The average molecular weight is 572 g/mol. The maximum Gasteiger partial charge on any atom is 0.315 e. The molecule has 208 valence electrons. The highest BCUT2D eigenvalue weighted by atomic mass is 32.2. The van der Waals surface area contributed by atoms with Crippen molar-refractivity contribution in [3.05, 3.63) is 120 Å². The fourth-order valence-electron chi connectivity index (χ4n) is 4.06. The Bertz CT molecular complexity index is 1540. The largest absolute Gasteiger partial charge is 0.467 e. The number of rotatable bonds is 9. The number of aliphatic imine (C=N–C) groups is 1. The molecule has 0 radical (unpaired) electrons. The Balaban J connectivity index is 1.20. The summed E-state index contributed by atoms with van der Waals surface area (Å²) in [5.41, 5.74) is 2.57. The number of benzene rings is 3. The highest BCUT2D eigenvalue weighted by Gasteiger charge is 2.39. The van der Waals surface area contributed by atoms with Gasteiger partial charge in [-0.2, -0.15) is 0 Å². The summed E-state index contributed by atoms with van der Waals surface area (Å²) in [6, 6.07) is 25.2. The average Bonchev–Trinajstić information content (AvgIpc) is 3.60. The van der Waals surface area contributed by atoms with E-state index in [9.17, 15) is 18.8 Å². The lowest BCUT2D eigenvalue weighted by molar-refractivity contribution is -0.126. The van der Waals surface area contributed by atoms with E-state index in [1.54, 1.807) is 48.5 Å². The van der Waals surface area contributed by atoms with E-state index in [1.165, 1.54) is 35.1 Å². The monoisotopic (exact) mass is 571 g/mol. The SMILES string of the molecule is O=C(CNC(=O)NCc1ccccc1)Nc1ccc(C2SC(=Nc3cccc(F)c3)N(Cc3ccco3)C2=O)cc1. The third kappa shape index (κ3) is 7.40. The van der Waals surface area contributed by atoms with Crippen molar-refractivity contribution < 1.29 is 23.2 Å². The van der Waals surface area contributed by atoms with E-state index >= 15 is 0 Å². The molecule has 1 aliphatic rings. The zero-order valence-electron chi connectivity index (χ0n) is 21.7. The summed E-state index contributed by atoms with van der Waals surface area (Å²) in [5, 5.41) is 7.79. The summed E-state index contributed by atoms with van der Waals surface area (Å²) in [6.45, 7) is 0.325. The van der Waals surface area contributed by atoms with Crippen molar-refractivity contribution in [2.75, 3.05) is 11.9 Å². The van der Waals surface area contributed by atoms with E-state index < -0.39 is 23.0 Å². The zero-order valence-corrected chi connectivity index (χ0v) is 22.6. The van der Waals surface area contributed by atoms with Crippen LogP contribution in [0.15, 0.2) is 107 Å². The Morgan fingerprint density at radius 1 is 0.951 bits per heavy atom. The number of urea groups is 1. The molecule has 4 amide bonds. The van der Waals surface area contributed by atoms with Crippen molar-refractivity contribution in [2.45, 2.75) is 18.3 Å². The van der Waals surface area contributed by atoms with Crippen LogP contribution in [-0.4, -0.2) is 34.5 Å². The van der Waals surface area contributed by atoms with Gasteiger partial charge in [0.15, 0.2) is 5.17 Å². The molecule has 9 nitrogen and oxygen atoms in total. The molecule has 1 saturated heterocycles. The molecule has 2 heterocycles. The fourth-order valence-corrected chi connectivity index (χ4v) is 5.23. The summed E-state index contributed by atoms with van der Waals surface area (Å²) in [5.74, 6) is -0.417. The topological polar surface area (TPSA) is 116 Å². The van der Waals surface area contributed by atoms with Crippen molar-refractivity contribution >= 4 is 46.1 Å². The third-order valence-electron chi connectivity index (χ3n) is 6.07. The number of amides is 4. The number of nitrogens with zero attached hydrogens (tertiary/aromatic N) is 2. The number of halogens is 1. The smallest absolute Gasteiger partial charge is 0.315 e. The first kappa shape index (κ1) is 27.7. The molecule has 1 atom stereocenters. The number of carbonyl (C=O) groups excluding carboxylic acids is 3. The highest BCUT2D eigenvalue weighted by molar-refractivity contribution is 8.15. The van der Waals surface area contributed by atoms with Gasteiger partial charge in [0, 0.05) is 12.2 Å². The quantitative estimate of drug-likeness (QED) is 0.250. The Morgan fingerprint density at radius 2 is 1.76 bits per heavy atom. The fraction of sp³-hybridized carbons (Fsp3) is 0.133. The molecule has 1 unspecified atom stereocenters. The van der Waals surface area contributed by atoms with Gasteiger partial charge in [-0.05, 0) is 53.6 Å². The van der Waals surface area contributed by atoms with Crippen molar-refractivity contribution in [3.8, 4) is 0 Å². The van der Waals surface area contributed by atoms with E-state index in [0.717, 1.165) is 5.56 Å². The number of thioether (sulfide) groups is 1. The Morgan fingerprint density at radius 3 is 2.49 bits per heavy atom. The maximum atomic E-state index is 13.8. The Kier molecular flexibility index (Phi) is 8.75. The van der Waals surface area contributed by atoms with Gasteiger partial charge in [0.25, 0.3) is 0 Å². The number of nitrogens with one attached hydrogen (secondary N) is 3. The first-order valence-electron chi connectivity index (χ1n) is 12.7. The number of furan rings is 1. The molecule has 0 spiro atoms. The minimum absolute atomic E-state index is 0.184. The molecule has 1 fully saturated rings. The lowest BCUT2D eigenvalue weighted by Crippen LogP contribution is -2.39. The molecule has 3 N–H and O–H groups in total. The van der Waals surface area contributed by atoms with Crippen LogP contribution in [0.2, 0.25) is 0 Å². The molecule has 1 aliphatic heterocycles. The van der Waals surface area contributed by atoms with E-state index in [2.05, 4.69) is 20.9 Å². The standard InChI is InChI=1S/C30H26FN5O4S/c31-22-8-4-9-24(16-22)35-30-36(19-25-10-5-15-40-25)28(38)27(41-30)21-11-13-23(14-12-21)34-26(37)18-33-29(39)32-17-20-6-2-1-3-7-20/h1-16,27H,17-19H2,(H,34,37)(H2,32,33,39). The summed E-state index contributed by atoms with van der Waals surface area (Å²) < 4.78 is 19.2. The lowest BCUT2D eigenvalue weighted by atomic mass is 10.1. The maximum absolute atomic E-state index is 13.8. The molecule has 5 rings (SSSR count). The van der Waals surface area contributed by atoms with Crippen LogP contribution in [0, 0.1) is 5.82 Å². The normalized spacial score (nSPS) is 15.6. The molecule has 0 saturated carbocycles. The van der Waals surface area contributed by atoms with Crippen LogP contribution < -0.4 is 16.0 Å². The molecule has 4 aromatic rings. The van der Waals surface area contributed by atoms with Crippen molar-refractivity contribution in [3.63, 3.8) is 0 Å². The second kappa shape index (κ2) is 13.0. The molecular weight excluding hydrogens is 545 g/mol. The van der Waals surface area contributed by atoms with Crippen LogP contribution in [0.25, 0.3) is 0 Å². The van der Waals surface area contributed by atoms with Gasteiger partial charge in [-0.15, -0.1) is 0 Å². The predicted octanol–water partition coefficient (Wildman–Crippen LogP) is 5.36. The molecule has 1 aromatic heterocycles. The van der Waals surface area contributed by atoms with Gasteiger partial charge in [0.1, 0.15) is 16.8 Å². The summed E-state index contributed by atoms with van der Waals surface area (Å²) >= 11 is 1.26. The third-order valence-corrected chi connectivity index (χ3v) is 7.31. The highest BCUT2D eigenvalue weighted by Crippen LogP contribution is 2.41. The Labute approximate surface area is 239 Å². The molecule has 0 bridgehead atoms. The predicted molar refractivity (Wildman–Crippen MR) is 155 cm³/mol. The minimum atomic E-state index is -0.586. The van der Waals surface area contributed by atoms with Crippen molar-refractivity contribution in [1.29, 1.82) is 0 Å². The van der Waals surface area contributed by atoms with Crippen LogP contribution in [0.3, 0.4) is 0 Å². The Hall–Kier alpha value is -4.90. The van der Waals surface area contributed by atoms with Gasteiger partial charge >= 0.3 is 6.03 Å². The summed E-state index contributed by atoms with van der Waals surface area (Å²) in [7, 11) is 0. The second-order valence-electron chi connectivity index (χ2n) is 9.07. The molecule has 41 heavy (non-hydrogen) atoms. The van der Waals surface area contributed by atoms with E-state index in [0.29, 0.717) is 34.4 Å². The molecule has 0 aliphatic carbocycles. The van der Waals surface area contributed by atoms with Gasteiger partial charge in [-0.3, -0.25) is 14.5 Å². The molecular formula is C30H26FN5O4S. The van der Waals surface area contributed by atoms with E-state index in [1.807, 2.05) is 30.3 Å². The summed E-state index contributed by atoms with van der Waals surface area (Å²) in [4.78, 5) is 43.9. The van der Waals surface area contributed by atoms with Gasteiger partial charge in [-0.25, -0.2) is 14.2 Å². The lowest BCUT2D eigenvalue weighted by Gasteiger charge is -2.15. The van der Waals surface area contributed by atoms with Crippen molar-refractivity contribution in [1.82, 2.24) is 15.5 Å². The van der Waals surface area contributed by atoms with Crippen LogP contribution >= 0.6 is 11.8 Å². The number of anilines is 1. The van der Waals surface area contributed by atoms with Crippen LogP contribution in [0.4, 0.5) is 20.6 Å². The van der Waals surface area contributed by atoms with Gasteiger partial charge in [0.05, 0.1) is 25.0 Å². The van der Waals surface area contributed by atoms with Crippen LogP contribution in [-0.2, 0) is 22.7 Å². The van der Waals surface area contributed by atoms with E-state index in [-0.39, 0.29) is 19.0 Å². The first-order chi connectivity index (χ1) is 19.9. The number of hydrogen-bond donors (Lipinski definition) is 3. The zero-order chi connectivity index (χ0) is 28.6. The van der Waals surface area contributed by atoms with Crippen LogP contribution in [0.5, 0.6) is 0 Å². The second-order valence-corrected chi connectivity index (χ2v) is 10.1. The first-order valence-corrected chi connectivity index (χ1v) is 13.6. The van der Waals surface area contributed by atoms with Gasteiger partial charge < -0.3 is 20.4 Å². The summed E-state index contributed by atoms with van der Waals surface area (Å²) in [6.07, 6.45) is 1.53. The van der Waals surface area contributed by atoms with Crippen molar-refractivity contribution in [2.24, 2.45) is 4.99 Å². The number of carbonyl (C=O) groups is 3. The number of hydrogen-bond acceptors (Lipinski definition) is 6. The van der Waals surface area contributed by atoms with E-state index in [4.69, 9.17) is 4.42 Å². The number of amidine groups is 1. The molecule has 3 aromatic carbocycles. The minimum Gasteiger partial charge on any atom is -0.467 e. The van der Waals surface area contributed by atoms with Gasteiger partial charge in [0.2, 0.25) is 11.8 Å².